The van der Waals surface area contributed by atoms with Gasteiger partial charge in [0.15, 0.2) is 0 Å². The van der Waals surface area contributed by atoms with Crippen molar-refractivity contribution >= 4 is 28.5 Å². The third-order valence-electron chi connectivity index (χ3n) is 7.45. The van der Waals surface area contributed by atoms with E-state index in [0.717, 1.165) is 42.9 Å². The second-order valence-electron chi connectivity index (χ2n) is 9.09. The Morgan fingerprint density at radius 3 is 2.43 bits per heavy atom. The molecule has 2 N–H and O–H groups in total. The van der Waals surface area contributed by atoms with Gasteiger partial charge in [0.1, 0.15) is 6.04 Å². The summed E-state index contributed by atoms with van der Waals surface area (Å²) in [6.45, 7) is 4.32. The molecule has 3 aliphatic heterocycles. The Balaban J connectivity index is 1.43. The van der Waals surface area contributed by atoms with Crippen LogP contribution in [0.1, 0.15) is 44.6 Å². The molecule has 1 spiro atoms. The number of piperidine rings is 3. The Morgan fingerprint density at radius 1 is 1.00 bits per heavy atom. The van der Waals surface area contributed by atoms with Crippen LogP contribution in [0, 0.1) is 5.41 Å². The molecule has 5 rings (SSSR count). The number of imide groups is 1. The van der Waals surface area contributed by atoms with Crippen molar-refractivity contribution in [2.75, 3.05) is 31.1 Å². The first-order valence-corrected chi connectivity index (χ1v) is 11.0. The summed E-state index contributed by atoms with van der Waals surface area (Å²) in [7, 11) is 1.75. The first-order valence-electron chi connectivity index (χ1n) is 11.0. The first kappa shape index (κ1) is 19.4. The van der Waals surface area contributed by atoms with Crippen LogP contribution in [0.5, 0.6) is 0 Å². The largest absolute Gasteiger partial charge is 0.371 e. The Kier molecular flexibility index (Phi) is 4.69. The van der Waals surface area contributed by atoms with Gasteiger partial charge in [-0.15, -0.1) is 0 Å². The number of aromatic nitrogens is 2. The highest BCUT2D eigenvalue weighted by Gasteiger charge is 2.36. The van der Waals surface area contributed by atoms with Gasteiger partial charge in [0.2, 0.25) is 11.8 Å². The van der Waals surface area contributed by atoms with E-state index >= 15 is 0 Å². The Labute approximate surface area is 175 Å². The first-order chi connectivity index (χ1) is 14.5. The number of rotatable bonds is 2. The van der Waals surface area contributed by atoms with Crippen molar-refractivity contribution in [1.82, 2.24) is 19.8 Å². The zero-order valence-electron chi connectivity index (χ0n) is 17.4. The van der Waals surface area contributed by atoms with Crippen molar-refractivity contribution in [3.63, 3.8) is 0 Å². The minimum atomic E-state index is -0.639. The van der Waals surface area contributed by atoms with E-state index < -0.39 is 11.9 Å². The van der Waals surface area contributed by atoms with E-state index in [0.29, 0.717) is 11.8 Å². The van der Waals surface area contributed by atoms with Crippen LogP contribution in [-0.4, -0.2) is 47.1 Å². The summed E-state index contributed by atoms with van der Waals surface area (Å²) in [4.78, 5) is 39.2. The van der Waals surface area contributed by atoms with E-state index in [1.54, 1.807) is 16.2 Å². The number of hydrogen-bond donors (Lipinski definition) is 2. The van der Waals surface area contributed by atoms with Gasteiger partial charge in [-0.25, -0.2) is 4.79 Å². The standard InChI is InChI=1S/C22H29N5O3/c1-25-18-14-15(26-12-8-22(9-13-26)6-10-23-11-7-22)2-3-16(18)27(21(25)30)17-4-5-19(28)24-20(17)29/h2-3,14,17,23H,4-13H2,1H3,(H,24,28,29). The average molecular weight is 412 g/mol. The molecule has 3 fully saturated rings. The fraction of sp³-hybridized carbons (Fsp3) is 0.591. The van der Waals surface area contributed by atoms with Gasteiger partial charge in [-0.1, -0.05) is 0 Å². The lowest BCUT2D eigenvalue weighted by molar-refractivity contribution is -0.135. The molecule has 0 saturated carbocycles. The Morgan fingerprint density at radius 2 is 1.73 bits per heavy atom. The molecule has 3 saturated heterocycles. The van der Waals surface area contributed by atoms with Crippen molar-refractivity contribution in [2.24, 2.45) is 12.5 Å². The predicted molar refractivity (Wildman–Crippen MR) is 115 cm³/mol. The smallest absolute Gasteiger partial charge is 0.329 e. The topological polar surface area (TPSA) is 88.4 Å². The second kappa shape index (κ2) is 7.27. The van der Waals surface area contributed by atoms with Crippen LogP contribution in [0.2, 0.25) is 0 Å². The maximum atomic E-state index is 12.9. The highest BCUT2D eigenvalue weighted by Crippen LogP contribution is 2.40. The fourth-order valence-electron chi connectivity index (χ4n) is 5.47. The molecule has 1 aromatic carbocycles. The maximum absolute atomic E-state index is 12.9. The average Bonchev–Trinajstić information content (AvgIpc) is 2.99. The Bertz CT molecular complexity index is 1050. The van der Waals surface area contributed by atoms with Gasteiger partial charge in [-0.3, -0.25) is 24.0 Å². The fourth-order valence-corrected chi connectivity index (χ4v) is 5.47. The van der Waals surface area contributed by atoms with Gasteiger partial charge in [0.05, 0.1) is 11.0 Å². The molecular formula is C22H29N5O3. The van der Waals surface area contributed by atoms with Gasteiger partial charge in [0, 0.05) is 32.2 Å². The monoisotopic (exact) mass is 411 g/mol. The van der Waals surface area contributed by atoms with E-state index in [9.17, 15) is 14.4 Å². The molecule has 2 amide bonds. The van der Waals surface area contributed by atoms with Gasteiger partial charge < -0.3 is 10.2 Å². The zero-order chi connectivity index (χ0) is 20.9. The van der Waals surface area contributed by atoms with E-state index in [-0.39, 0.29) is 18.0 Å². The highest BCUT2D eigenvalue weighted by atomic mass is 16.2. The van der Waals surface area contributed by atoms with Crippen LogP contribution in [-0.2, 0) is 16.6 Å². The molecule has 30 heavy (non-hydrogen) atoms. The number of carbonyl (C=O) groups is 2. The molecule has 160 valence electrons. The molecule has 0 bridgehead atoms. The molecule has 8 nitrogen and oxygen atoms in total. The molecule has 0 aliphatic carbocycles. The minimum absolute atomic E-state index is 0.219. The SMILES string of the molecule is Cn1c(=O)n(C2CCC(=O)NC2=O)c2ccc(N3CCC4(CCNCC4)CC3)cc21. The molecule has 4 heterocycles. The summed E-state index contributed by atoms with van der Waals surface area (Å²) in [5.41, 5.74) is 2.97. The number of anilines is 1. The number of fused-ring (bicyclic) bond motifs is 1. The number of nitrogens with zero attached hydrogens (tertiary/aromatic N) is 3. The summed E-state index contributed by atoms with van der Waals surface area (Å²) in [6.07, 6.45) is 5.56. The molecule has 3 aliphatic rings. The molecule has 0 radical (unpaired) electrons. The van der Waals surface area contributed by atoms with Crippen molar-refractivity contribution in [3.8, 4) is 0 Å². The summed E-state index contributed by atoms with van der Waals surface area (Å²) >= 11 is 0. The third-order valence-corrected chi connectivity index (χ3v) is 7.45. The normalized spacial score (nSPS) is 24.4. The highest BCUT2D eigenvalue weighted by molar-refractivity contribution is 6.00. The van der Waals surface area contributed by atoms with Gasteiger partial charge in [-0.05, 0) is 68.8 Å². The van der Waals surface area contributed by atoms with Crippen LogP contribution in [0.3, 0.4) is 0 Å². The van der Waals surface area contributed by atoms with Crippen molar-refractivity contribution in [3.05, 3.63) is 28.7 Å². The summed E-state index contributed by atoms with van der Waals surface area (Å²) in [5.74, 6) is -0.670. The van der Waals surface area contributed by atoms with Crippen LogP contribution < -0.4 is 21.2 Å². The van der Waals surface area contributed by atoms with E-state index in [1.165, 1.54) is 25.7 Å². The number of imidazole rings is 1. The van der Waals surface area contributed by atoms with E-state index in [2.05, 4.69) is 27.7 Å². The summed E-state index contributed by atoms with van der Waals surface area (Å²) in [5, 5.41) is 5.83. The summed E-state index contributed by atoms with van der Waals surface area (Å²) in [6, 6.07) is 5.44. The number of benzene rings is 1. The number of amides is 2. The van der Waals surface area contributed by atoms with Crippen molar-refractivity contribution in [2.45, 2.75) is 44.6 Å². The molecule has 1 atom stereocenters. The van der Waals surface area contributed by atoms with Crippen LogP contribution in [0.25, 0.3) is 11.0 Å². The van der Waals surface area contributed by atoms with Crippen molar-refractivity contribution in [1.29, 1.82) is 0 Å². The molecular weight excluding hydrogens is 382 g/mol. The van der Waals surface area contributed by atoms with Gasteiger partial charge in [0.25, 0.3) is 0 Å². The zero-order valence-corrected chi connectivity index (χ0v) is 17.4. The van der Waals surface area contributed by atoms with E-state index in [4.69, 9.17) is 0 Å². The third kappa shape index (κ3) is 3.14. The lowest BCUT2D eigenvalue weighted by Gasteiger charge is -2.45. The number of nitrogens with one attached hydrogen (secondary N) is 2. The van der Waals surface area contributed by atoms with Gasteiger partial charge >= 0.3 is 5.69 Å². The van der Waals surface area contributed by atoms with Crippen LogP contribution in [0.4, 0.5) is 5.69 Å². The van der Waals surface area contributed by atoms with E-state index in [1.807, 2.05) is 6.07 Å². The maximum Gasteiger partial charge on any atom is 0.329 e. The summed E-state index contributed by atoms with van der Waals surface area (Å²) < 4.78 is 3.15. The Hall–Kier alpha value is -2.61. The lowest BCUT2D eigenvalue weighted by atomic mass is 9.71. The predicted octanol–water partition coefficient (Wildman–Crippen LogP) is 1.29. The number of carbonyl (C=O) groups excluding carboxylic acids is 2. The van der Waals surface area contributed by atoms with Gasteiger partial charge in [-0.2, -0.15) is 0 Å². The molecule has 1 aromatic heterocycles. The molecule has 1 unspecified atom stereocenters. The molecule has 2 aromatic rings. The lowest BCUT2D eigenvalue weighted by Crippen LogP contribution is -2.45. The number of aryl methyl sites for hydroxylation is 1. The number of hydrogen-bond acceptors (Lipinski definition) is 5. The molecule has 8 heteroatoms. The minimum Gasteiger partial charge on any atom is -0.371 e. The van der Waals surface area contributed by atoms with Crippen molar-refractivity contribution < 1.29 is 9.59 Å². The van der Waals surface area contributed by atoms with Crippen LogP contribution >= 0.6 is 0 Å². The van der Waals surface area contributed by atoms with Crippen LogP contribution in [0.15, 0.2) is 23.0 Å². The quantitative estimate of drug-likeness (QED) is 0.727. The second-order valence-corrected chi connectivity index (χ2v) is 9.09.